The van der Waals surface area contributed by atoms with Crippen molar-refractivity contribution in [1.29, 1.82) is 5.26 Å². The van der Waals surface area contributed by atoms with Crippen LogP contribution in [0.1, 0.15) is 11.1 Å². The second kappa shape index (κ2) is 7.99. The smallest absolute Gasteiger partial charge is 0.235 e. The number of nitrogens with one attached hydrogen (secondary N) is 1. The van der Waals surface area contributed by atoms with Gasteiger partial charge in [-0.3, -0.25) is 4.79 Å². The fraction of sp³-hybridized carbons (Fsp3) is 0.188. The van der Waals surface area contributed by atoms with Gasteiger partial charge in [-0.2, -0.15) is 9.94 Å². The van der Waals surface area contributed by atoms with E-state index in [1.54, 1.807) is 18.6 Å². The van der Waals surface area contributed by atoms with Crippen molar-refractivity contribution in [3.8, 4) is 17.5 Å². The van der Waals surface area contributed by atoms with Crippen molar-refractivity contribution in [2.24, 2.45) is 0 Å². The first kappa shape index (κ1) is 17.9. The first-order chi connectivity index (χ1) is 12.6. The van der Waals surface area contributed by atoms with Gasteiger partial charge in [-0.25, -0.2) is 0 Å². The second-order valence-corrected chi connectivity index (χ2v) is 7.02. The number of anilines is 1. The fourth-order valence-electron chi connectivity index (χ4n) is 2.17. The second-order valence-electron chi connectivity index (χ2n) is 5.16. The van der Waals surface area contributed by atoms with Gasteiger partial charge in [-0.1, -0.05) is 17.8 Å². The van der Waals surface area contributed by atoms with E-state index < -0.39 is 0 Å². The van der Waals surface area contributed by atoms with Gasteiger partial charge in [-0.05, 0) is 46.5 Å². The molecule has 0 bridgehead atoms. The number of thioether (sulfide) groups is 1. The number of rotatable bonds is 6. The van der Waals surface area contributed by atoms with Crippen LogP contribution in [0.25, 0.3) is 5.69 Å². The zero-order valence-electron chi connectivity index (χ0n) is 14.0. The Labute approximate surface area is 157 Å². The number of aryl methyl sites for hydroxylation is 1. The van der Waals surface area contributed by atoms with Crippen molar-refractivity contribution >= 4 is 34.0 Å². The molecular weight excluding hydrogens is 372 g/mol. The Bertz CT molecular complexity index is 975. The van der Waals surface area contributed by atoms with E-state index >= 15 is 0 Å². The Morgan fingerprint density at radius 3 is 3.08 bits per heavy atom. The number of thiophene rings is 1. The van der Waals surface area contributed by atoms with Crippen molar-refractivity contribution in [2.75, 3.05) is 18.2 Å². The van der Waals surface area contributed by atoms with Gasteiger partial charge in [0.25, 0.3) is 0 Å². The summed E-state index contributed by atoms with van der Waals surface area (Å²) in [7, 11) is 1.58. The highest BCUT2D eigenvalue weighted by atomic mass is 32.2. The largest absolute Gasteiger partial charge is 0.494 e. The van der Waals surface area contributed by atoms with Crippen molar-refractivity contribution in [3.05, 3.63) is 40.8 Å². The monoisotopic (exact) mass is 386 g/mol. The summed E-state index contributed by atoms with van der Waals surface area (Å²) in [4.78, 5) is 12.2. The molecule has 0 aliphatic carbocycles. The van der Waals surface area contributed by atoms with E-state index in [0.717, 1.165) is 5.56 Å². The van der Waals surface area contributed by atoms with Crippen LogP contribution in [0, 0.1) is 18.3 Å². The van der Waals surface area contributed by atoms with E-state index in [2.05, 4.69) is 20.8 Å². The molecule has 1 N–H and O–H groups in total. The first-order valence-electron chi connectivity index (χ1n) is 7.46. The highest BCUT2D eigenvalue weighted by Gasteiger charge is 2.16. The lowest BCUT2D eigenvalue weighted by Gasteiger charge is -2.10. The van der Waals surface area contributed by atoms with Crippen molar-refractivity contribution in [1.82, 2.24) is 20.2 Å². The Hall–Kier alpha value is -2.90. The molecule has 3 rings (SSSR count). The maximum absolute atomic E-state index is 12.2. The minimum atomic E-state index is -0.236. The molecule has 0 unspecified atom stereocenters. The molecule has 0 radical (unpaired) electrons. The number of carbonyl (C=O) groups is 1. The lowest BCUT2D eigenvalue weighted by molar-refractivity contribution is -0.113. The number of carbonyl (C=O) groups excluding carboxylic acids is 1. The van der Waals surface area contributed by atoms with E-state index in [-0.39, 0.29) is 11.7 Å². The molecule has 8 nitrogen and oxygen atoms in total. The van der Waals surface area contributed by atoms with Gasteiger partial charge < -0.3 is 10.1 Å². The summed E-state index contributed by atoms with van der Waals surface area (Å²) < 4.78 is 6.90. The van der Waals surface area contributed by atoms with Gasteiger partial charge in [0.1, 0.15) is 22.5 Å². The van der Waals surface area contributed by atoms with Crippen molar-refractivity contribution < 1.29 is 9.53 Å². The highest BCUT2D eigenvalue weighted by molar-refractivity contribution is 7.99. The quantitative estimate of drug-likeness (QED) is 0.649. The summed E-state index contributed by atoms with van der Waals surface area (Å²) >= 11 is 2.50. The van der Waals surface area contributed by atoms with E-state index in [1.807, 2.05) is 31.2 Å². The predicted molar refractivity (Wildman–Crippen MR) is 98.8 cm³/mol. The molecule has 0 atom stereocenters. The van der Waals surface area contributed by atoms with Crippen LogP contribution < -0.4 is 10.1 Å². The van der Waals surface area contributed by atoms with E-state index in [1.165, 1.54) is 27.8 Å². The summed E-state index contributed by atoms with van der Waals surface area (Å²) in [5.74, 6) is 0.503. The summed E-state index contributed by atoms with van der Waals surface area (Å²) in [5, 5.41) is 26.2. The Balaban J connectivity index is 1.73. The van der Waals surface area contributed by atoms with Crippen LogP contribution in [0.2, 0.25) is 0 Å². The number of amides is 1. The highest BCUT2D eigenvalue weighted by Crippen LogP contribution is 2.27. The SMILES string of the molecule is COc1ccc(C)cc1-n1nnnc1SCC(=O)Nc1sccc1C#N. The van der Waals surface area contributed by atoms with Gasteiger partial charge in [0.2, 0.25) is 11.1 Å². The number of tetrazole rings is 1. The molecule has 1 aromatic carbocycles. The van der Waals surface area contributed by atoms with Crippen LogP contribution >= 0.6 is 23.1 Å². The molecule has 0 aliphatic rings. The zero-order chi connectivity index (χ0) is 18.5. The topological polar surface area (TPSA) is 106 Å². The van der Waals surface area contributed by atoms with Crippen LogP contribution in [0.3, 0.4) is 0 Å². The molecule has 0 saturated heterocycles. The average molecular weight is 386 g/mol. The van der Waals surface area contributed by atoms with Crippen LogP contribution in [0.5, 0.6) is 5.75 Å². The number of benzene rings is 1. The maximum atomic E-state index is 12.2. The first-order valence-corrected chi connectivity index (χ1v) is 9.32. The molecule has 26 heavy (non-hydrogen) atoms. The molecule has 0 fully saturated rings. The Morgan fingerprint density at radius 1 is 1.46 bits per heavy atom. The average Bonchev–Trinajstić information content (AvgIpc) is 3.28. The molecule has 10 heteroatoms. The summed E-state index contributed by atoms with van der Waals surface area (Å²) in [6.45, 7) is 1.96. The van der Waals surface area contributed by atoms with E-state index in [0.29, 0.717) is 27.2 Å². The number of ether oxygens (including phenoxy) is 1. The lowest BCUT2D eigenvalue weighted by atomic mass is 10.2. The maximum Gasteiger partial charge on any atom is 0.235 e. The predicted octanol–water partition coefficient (Wildman–Crippen LogP) is 2.64. The lowest BCUT2D eigenvalue weighted by Crippen LogP contribution is -2.14. The van der Waals surface area contributed by atoms with Gasteiger partial charge >= 0.3 is 0 Å². The normalized spacial score (nSPS) is 10.3. The van der Waals surface area contributed by atoms with Crippen LogP contribution in [0.15, 0.2) is 34.8 Å². The third kappa shape index (κ3) is 3.84. The van der Waals surface area contributed by atoms with E-state index in [4.69, 9.17) is 10.00 Å². The Kier molecular flexibility index (Phi) is 5.50. The molecular formula is C16H14N6O2S2. The van der Waals surface area contributed by atoms with E-state index in [9.17, 15) is 4.79 Å². The molecule has 2 aromatic heterocycles. The molecule has 0 spiro atoms. The molecule has 2 heterocycles. The van der Waals surface area contributed by atoms with Crippen molar-refractivity contribution in [2.45, 2.75) is 12.1 Å². The molecule has 0 aliphatic heterocycles. The minimum Gasteiger partial charge on any atom is -0.494 e. The van der Waals surface area contributed by atoms with Gasteiger partial charge in [-0.15, -0.1) is 16.4 Å². The number of nitriles is 1. The number of nitrogens with zero attached hydrogens (tertiary/aromatic N) is 5. The zero-order valence-corrected chi connectivity index (χ0v) is 15.6. The number of aromatic nitrogens is 4. The van der Waals surface area contributed by atoms with Gasteiger partial charge in [0.15, 0.2) is 0 Å². The minimum absolute atomic E-state index is 0.108. The van der Waals surface area contributed by atoms with Crippen LogP contribution in [-0.4, -0.2) is 39.0 Å². The van der Waals surface area contributed by atoms with Crippen LogP contribution in [-0.2, 0) is 4.79 Å². The fourth-order valence-corrected chi connectivity index (χ4v) is 3.61. The van der Waals surface area contributed by atoms with Crippen molar-refractivity contribution in [3.63, 3.8) is 0 Å². The third-order valence-corrected chi connectivity index (χ3v) is 5.12. The molecule has 0 saturated carbocycles. The van der Waals surface area contributed by atoms with Gasteiger partial charge in [0.05, 0.1) is 18.4 Å². The standard InChI is InChI=1S/C16H14N6O2S2/c1-10-3-4-13(24-2)12(7-10)22-16(19-20-21-22)26-9-14(23)18-15-11(8-17)5-6-25-15/h3-7H,9H2,1-2H3,(H,18,23). The third-order valence-electron chi connectivity index (χ3n) is 3.37. The molecule has 1 amide bonds. The molecule has 3 aromatic rings. The Morgan fingerprint density at radius 2 is 2.31 bits per heavy atom. The number of hydrogen-bond acceptors (Lipinski definition) is 8. The summed E-state index contributed by atoms with van der Waals surface area (Å²) in [5.41, 5.74) is 2.18. The number of methoxy groups -OCH3 is 1. The van der Waals surface area contributed by atoms with Crippen LogP contribution in [0.4, 0.5) is 5.00 Å². The van der Waals surface area contributed by atoms with Gasteiger partial charge in [0, 0.05) is 0 Å². The number of hydrogen-bond donors (Lipinski definition) is 1. The summed E-state index contributed by atoms with van der Waals surface area (Å²) in [6.07, 6.45) is 0. The summed E-state index contributed by atoms with van der Waals surface area (Å²) in [6, 6.07) is 9.38. The molecule has 132 valence electrons.